The third kappa shape index (κ3) is 6.53. The van der Waals surface area contributed by atoms with Crippen LogP contribution in [0.2, 0.25) is 0 Å². The number of rotatable bonds is 7. The van der Waals surface area contributed by atoms with Crippen LogP contribution in [-0.2, 0) is 19.1 Å². The second-order valence-electron chi connectivity index (χ2n) is 5.17. The smallest absolute Gasteiger partial charge is 0.390 e. The van der Waals surface area contributed by atoms with E-state index in [1.54, 1.807) is 6.07 Å². The van der Waals surface area contributed by atoms with Crippen molar-refractivity contribution in [2.75, 3.05) is 0 Å². The zero-order valence-electron chi connectivity index (χ0n) is 14.0. The number of alkyl halides is 3. The fourth-order valence-electron chi connectivity index (χ4n) is 1.76. The van der Waals surface area contributed by atoms with Crippen LogP contribution >= 0.6 is 0 Å². The van der Waals surface area contributed by atoms with Gasteiger partial charge in [0.15, 0.2) is 0 Å². The third-order valence-corrected chi connectivity index (χ3v) is 3.22. The summed E-state index contributed by atoms with van der Waals surface area (Å²) < 4.78 is 41.8. The maximum absolute atomic E-state index is 12.5. The monoisotopic (exact) mass is 387 g/mol. The lowest BCUT2D eigenvalue weighted by atomic mass is 10.1. The van der Waals surface area contributed by atoms with Crippen LogP contribution in [0, 0.1) is 11.3 Å². The van der Waals surface area contributed by atoms with Crippen molar-refractivity contribution >= 4 is 30.0 Å². The molecule has 0 radical (unpaired) electrons. The Labute approximate surface area is 151 Å². The van der Waals surface area contributed by atoms with Gasteiger partial charge in [0.25, 0.3) is 5.91 Å². The van der Waals surface area contributed by atoms with Gasteiger partial charge in [-0.05, 0) is 18.6 Å². The molecule has 8 nitrogen and oxygen atoms in total. The van der Waals surface area contributed by atoms with Gasteiger partial charge in [0.1, 0.15) is 0 Å². The molecule has 2 unspecified atom stereocenters. The third-order valence-electron chi connectivity index (χ3n) is 3.22. The van der Waals surface area contributed by atoms with E-state index < -0.39 is 42.0 Å². The molecule has 27 heavy (non-hydrogen) atoms. The molecule has 0 saturated carbocycles. The fourth-order valence-corrected chi connectivity index (χ4v) is 1.76. The van der Waals surface area contributed by atoms with Crippen LogP contribution in [-0.4, -0.2) is 42.3 Å². The maximum Gasteiger partial charge on any atom is 0.471 e. The SMILES string of the molecule is CCC(C=N)C(=O)OC(=O)C(NC(=O)c1ccccc1)NC(=O)C(F)(F)F. The molecule has 11 heteroatoms. The highest BCUT2D eigenvalue weighted by atomic mass is 19.4. The highest BCUT2D eigenvalue weighted by Crippen LogP contribution is 2.14. The molecule has 1 rings (SSSR count). The van der Waals surface area contributed by atoms with E-state index >= 15 is 0 Å². The topological polar surface area (TPSA) is 125 Å². The van der Waals surface area contributed by atoms with Gasteiger partial charge in [0.2, 0.25) is 6.17 Å². The Bertz CT molecular complexity index is 722. The molecule has 1 aromatic rings. The van der Waals surface area contributed by atoms with Gasteiger partial charge >= 0.3 is 24.0 Å². The summed E-state index contributed by atoms with van der Waals surface area (Å²) in [5.74, 6) is -7.41. The van der Waals surface area contributed by atoms with Gasteiger partial charge in [0.05, 0.1) is 5.92 Å². The first-order valence-electron chi connectivity index (χ1n) is 7.59. The molecule has 2 amide bonds. The summed E-state index contributed by atoms with van der Waals surface area (Å²) in [5, 5.41) is 10.2. The number of hydrogen-bond donors (Lipinski definition) is 3. The summed E-state index contributed by atoms with van der Waals surface area (Å²) in [6, 6.07) is 7.15. The van der Waals surface area contributed by atoms with Crippen LogP contribution in [0.5, 0.6) is 0 Å². The van der Waals surface area contributed by atoms with Crippen LogP contribution < -0.4 is 10.6 Å². The van der Waals surface area contributed by atoms with E-state index in [1.807, 2.05) is 5.32 Å². The number of benzene rings is 1. The fraction of sp³-hybridized carbons (Fsp3) is 0.312. The average Bonchev–Trinajstić information content (AvgIpc) is 2.61. The minimum Gasteiger partial charge on any atom is -0.390 e. The Kier molecular flexibility index (Phi) is 7.64. The van der Waals surface area contributed by atoms with Crippen molar-refractivity contribution in [3.63, 3.8) is 0 Å². The zero-order valence-corrected chi connectivity index (χ0v) is 14.0. The summed E-state index contributed by atoms with van der Waals surface area (Å²) in [6.45, 7) is 1.52. The minimum absolute atomic E-state index is 0.00573. The highest BCUT2D eigenvalue weighted by molar-refractivity contribution is 6.01. The largest absolute Gasteiger partial charge is 0.471 e. The number of halogens is 3. The van der Waals surface area contributed by atoms with Gasteiger partial charge < -0.3 is 20.8 Å². The first kappa shape index (κ1) is 21.8. The standard InChI is InChI=1S/C16H16F3N3O5/c1-2-9(8-20)13(24)27-14(25)11(22-15(26)16(17,18)19)21-12(23)10-6-4-3-5-7-10/h3-9,11,20H,2H2,1H3,(H,21,23)(H,22,26). The summed E-state index contributed by atoms with van der Waals surface area (Å²) in [5.41, 5.74) is -0.00573. The molecule has 1 aromatic carbocycles. The van der Waals surface area contributed by atoms with Crippen molar-refractivity contribution < 1.29 is 37.1 Å². The Morgan fingerprint density at radius 3 is 2.19 bits per heavy atom. The van der Waals surface area contributed by atoms with E-state index in [4.69, 9.17) is 5.41 Å². The maximum atomic E-state index is 12.5. The first-order valence-corrected chi connectivity index (χ1v) is 7.59. The molecule has 0 aliphatic heterocycles. The lowest BCUT2D eigenvalue weighted by molar-refractivity contribution is -0.177. The Morgan fingerprint density at radius 1 is 1.11 bits per heavy atom. The molecule has 0 aliphatic carbocycles. The number of esters is 2. The molecule has 0 saturated heterocycles. The van der Waals surface area contributed by atoms with Crippen LogP contribution in [0.15, 0.2) is 30.3 Å². The quantitative estimate of drug-likeness (QED) is 0.280. The van der Waals surface area contributed by atoms with E-state index in [2.05, 4.69) is 4.74 Å². The Morgan fingerprint density at radius 2 is 1.70 bits per heavy atom. The van der Waals surface area contributed by atoms with Crippen molar-refractivity contribution in [3.8, 4) is 0 Å². The second-order valence-corrected chi connectivity index (χ2v) is 5.17. The molecular weight excluding hydrogens is 371 g/mol. The summed E-state index contributed by atoms with van der Waals surface area (Å²) in [6.07, 6.45) is -6.80. The predicted molar refractivity (Wildman–Crippen MR) is 85.6 cm³/mol. The van der Waals surface area contributed by atoms with Crippen molar-refractivity contribution in [2.45, 2.75) is 25.7 Å². The minimum atomic E-state index is -5.33. The molecule has 146 valence electrons. The van der Waals surface area contributed by atoms with E-state index in [1.165, 1.54) is 36.5 Å². The normalized spacial score (nSPS) is 13.0. The Balaban J connectivity index is 2.97. The molecule has 0 aromatic heterocycles. The van der Waals surface area contributed by atoms with Crippen molar-refractivity contribution in [3.05, 3.63) is 35.9 Å². The number of carbonyl (C=O) groups excluding carboxylic acids is 4. The van der Waals surface area contributed by atoms with Gasteiger partial charge in [0, 0.05) is 11.8 Å². The molecule has 0 bridgehead atoms. The average molecular weight is 387 g/mol. The lowest BCUT2D eigenvalue weighted by Crippen LogP contribution is -2.56. The molecule has 3 N–H and O–H groups in total. The van der Waals surface area contributed by atoms with E-state index in [9.17, 15) is 32.3 Å². The molecule has 0 fully saturated rings. The summed E-state index contributed by atoms with van der Waals surface area (Å²) in [7, 11) is 0. The number of amides is 2. The number of hydrogen-bond acceptors (Lipinski definition) is 6. The zero-order chi connectivity index (χ0) is 20.6. The lowest BCUT2D eigenvalue weighted by Gasteiger charge is -2.19. The summed E-state index contributed by atoms with van der Waals surface area (Å²) >= 11 is 0. The molecule has 2 atom stereocenters. The van der Waals surface area contributed by atoms with Crippen molar-refractivity contribution in [1.82, 2.24) is 10.6 Å². The van der Waals surface area contributed by atoms with E-state index in [-0.39, 0.29) is 12.0 Å². The predicted octanol–water partition coefficient (Wildman–Crippen LogP) is 1.17. The van der Waals surface area contributed by atoms with Crippen LogP contribution in [0.1, 0.15) is 23.7 Å². The van der Waals surface area contributed by atoms with E-state index in [0.29, 0.717) is 6.21 Å². The van der Waals surface area contributed by atoms with Gasteiger partial charge in [-0.25, -0.2) is 4.79 Å². The molecule has 0 spiro atoms. The van der Waals surface area contributed by atoms with Gasteiger partial charge in [-0.15, -0.1) is 0 Å². The highest BCUT2D eigenvalue weighted by Gasteiger charge is 2.42. The van der Waals surface area contributed by atoms with Crippen LogP contribution in [0.4, 0.5) is 13.2 Å². The van der Waals surface area contributed by atoms with E-state index in [0.717, 1.165) is 0 Å². The number of nitrogens with one attached hydrogen (secondary N) is 3. The molecule has 0 aliphatic rings. The molecular formula is C16H16F3N3O5. The second kappa shape index (κ2) is 9.46. The van der Waals surface area contributed by atoms with Gasteiger partial charge in [-0.1, -0.05) is 25.1 Å². The van der Waals surface area contributed by atoms with Crippen molar-refractivity contribution in [1.29, 1.82) is 5.41 Å². The van der Waals surface area contributed by atoms with Gasteiger partial charge in [-0.3, -0.25) is 14.4 Å². The van der Waals surface area contributed by atoms with Crippen LogP contribution in [0.25, 0.3) is 0 Å². The van der Waals surface area contributed by atoms with Crippen molar-refractivity contribution in [2.24, 2.45) is 5.92 Å². The number of carbonyl (C=O) groups is 4. The summed E-state index contributed by atoms with van der Waals surface area (Å²) in [4.78, 5) is 46.9. The Hall–Kier alpha value is -3.24. The van der Waals surface area contributed by atoms with Crippen LogP contribution in [0.3, 0.4) is 0 Å². The van der Waals surface area contributed by atoms with Gasteiger partial charge in [-0.2, -0.15) is 13.2 Å². The molecule has 0 heterocycles. The number of ether oxygens (including phenoxy) is 1. The first-order chi connectivity index (χ1) is 12.6.